The van der Waals surface area contributed by atoms with E-state index in [1.165, 1.54) is 0 Å². The standard InChI is InChI=1S/C14H22N2S/c1-9(2)7-11(4)16-12-5-6-13(14(15)17)10(3)8-12/h5-6,8-9,11,16H,7H2,1-4H3,(H2,15,17). The molecular formula is C14H22N2S. The lowest BCUT2D eigenvalue weighted by Gasteiger charge is -2.18. The van der Waals surface area contributed by atoms with E-state index in [2.05, 4.69) is 32.2 Å². The van der Waals surface area contributed by atoms with Crippen molar-refractivity contribution >= 4 is 22.9 Å². The molecule has 1 rings (SSSR count). The third-order valence-electron chi connectivity index (χ3n) is 2.73. The number of nitrogens with one attached hydrogen (secondary N) is 1. The largest absolute Gasteiger partial charge is 0.389 e. The first-order valence-corrected chi connectivity index (χ1v) is 6.48. The Kier molecular flexibility index (Phi) is 4.94. The van der Waals surface area contributed by atoms with Crippen LogP contribution in [0.1, 0.15) is 38.3 Å². The third-order valence-corrected chi connectivity index (χ3v) is 2.95. The molecule has 3 heteroatoms. The first-order valence-electron chi connectivity index (χ1n) is 6.07. The van der Waals surface area contributed by atoms with Gasteiger partial charge < -0.3 is 11.1 Å². The Morgan fingerprint density at radius 3 is 2.47 bits per heavy atom. The number of rotatable bonds is 5. The van der Waals surface area contributed by atoms with Gasteiger partial charge in [0.25, 0.3) is 0 Å². The van der Waals surface area contributed by atoms with E-state index in [4.69, 9.17) is 18.0 Å². The minimum Gasteiger partial charge on any atom is -0.389 e. The number of aryl methyl sites for hydroxylation is 1. The molecular weight excluding hydrogens is 228 g/mol. The van der Waals surface area contributed by atoms with E-state index in [9.17, 15) is 0 Å². The summed E-state index contributed by atoms with van der Waals surface area (Å²) in [6.45, 7) is 8.71. The van der Waals surface area contributed by atoms with Crippen molar-refractivity contribution in [3.05, 3.63) is 29.3 Å². The number of thiocarbonyl (C=S) groups is 1. The average Bonchev–Trinajstić information content (AvgIpc) is 2.15. The highest BCUT2D eigenvalue weighted by molar-refractivity contribution is 7.80. The molecule has 94 valence electrons. The SMILES string of the molecule is Cc1cc(NC(C)CC(C)C)ccc1C(N)=S. The molecule has 0 aliphatic rings. The summed E-state index contributed by atoms with van der Waals surface area (Å²) in [7, 11) is 0. The fourth-order valence-electron chi connectivity index (χ4n) is 2.08. The van der Waals surface area contributed by atoms with Crippen LogP contribution in [0.2, 0.25) is 0 Å². The molecule has 17 heavy (non-hydrogen) atoms. The van der Waals surface area contributed by atoms with Crippen molar-refractivity contribution in [3.63, 3.8) is 0 Å². The Labute approximate surface area is 110 Å². The van der Waals surface area contributed by atoms with Gasteiger partial charge in [-0.3, -0.25) is 0 Å². The van der Waals surface area contributed by atoms with Gasteiger partial charge in [0.05, 0.1) is 0 Å². The second-order valence-corrected chi connectivity index (χ2v) is 5.51. The van der Waals surface area contributed by atoms with Gasteiger partial charge >= 0.3 is 0 Å². The van der Waals surface area contributed by atoms with Crippen LogP contribution in [-0.4, -0.2) is 11.0 Å². The van der Waals surface area contributed by atoms with Crippen molar-refractivity contribution in [2.75, 3.05) is 5.32 Å². The van der Waals surface area contributed by atoms with Gasteiger partial charge in [0.15, 0.2) is 0 Å². The van der Waals surface area contributed by atoms with Crippen molar-refractivity contribution in [3.8, 4) is 0 Å². The van der Waals surface area contributed by atoms with Crippen LogP contribution >= 0.6 is 12.2 Å². The first kappa shape index (κ1) is 14.0. The summed E-state index contributed by atoms with van der Waals surface area (Å²) < 4.78 is 0. The zero-order valence-electron chi connectivity index (χ0n) is 11.1. The van der Waals surface area contributed by atoms with Crippen LogP contribution in [0.4, 0.5) is 5.69 Å². The Morgan fingerprint density at radius 1 is 1.35 bits per heavy atom. The molecule has 0 spiro atoms. The molecule has 0 bridgehead atoms. The fourth-order valence-corrected chi connectivity index (χ4v) is 2.31. The monoisotopic (exact) mass is 250 g/mol. The Balaban J connectivity index is 2.74. The van der Waals surface area contributed by atoms with Gasteiger partial charge in [-0.2, -0.15) is 0 Å². The van der Waals surface area contributed by atoms with E-state index in [1.54, 1.807) is 0 Å². The zero-order chi connectivity index (χ0) is 13.0. The van der Waals surface area contributed by atoms with Crippen molar-refractivity contribution in [2.24, 2.45) is 11.7 Å². The molecule has 3 N–H and O–H groups in total. The van der Waals surface area contributed by atoms with E-state index in [-0.39, 0.29) is 0 Å². The Hall–Kier alpha value is -1.09. The quantitative estimate of drug-likeness (QED) is 0.786. The maximum Gasteiger partial charge on any atom is 0.104 e. The van der Waals surface area contributed by atoms with Gasteiger partial charge in [0.1, 0.15) is 4.99 Å². The maximum atomic E-state index is 5.64. The molecule has 0 radical (unpaired) electrons. The van der Waals surface area contributed by atoms with Crippen LogP contribution in [-0.2, 0) is 0 Å². The lowest BCUT2D eigenvalue weighted by atomic mass is 10.0. The molecule has 2 nitrogen and oxygen atoms in total. The zero-order valence-corrected chi connectivity index (χ0v) is 11.9. The van der Waals surface area contributed by atoms with Gasteiger partial charge in [-0.25, -0.2) is 0 Å². The molecule has 1 atom stereocenters. The van der Waals surface area contributed by atoms with E-state index in [1.807, 2.05) is 19.1 Å². The van der Waals surface area contributed by atoms with Crippen LogP contribution in [0.5, 0.6) is 0 Å². The Morgan fingerprint density at radius 2 is 2.00 bits per heavy atom. The van der Waals surface area contributed by atoms with Crippen molar-refractivity contribution in [2.45, 2.75) is 40.2 Å². The molecule has 1 aromatic carbocycles. The van der Waals surface area contributed by atoms with Crippen LogP contribution in [0, 0.1) is 12.8 Å². The summed E-state index contributed by atoms with van der Waals surface area (Å²) in [5.74, 6) is 0.703. The normalized spacial score (nSPS) is 12.5. The molecule has 0 amide bonds. The Bertz CT molecular complexity index is 399. The summed E-state index contributed by atoms with van der Waals surface area (Å²) >= 11 is 5.00. The summed E-state index contributed by atoms with van der Waals surface area (Å²) in [6.07, 6.45) is 1.16. The predicted octanol–water partition coefficient (Wildman–Crippen LogP) is 3.48. The fraction of sp³-hybridized carbons (Fsp3) is 0.500. The lowest BCUT2D eigenvalue weighted by Crippen LogP contribution is -2.18. The topological polar surface area (TPSA) is 38.0 Å². The maximum absolute atomic E-state index is 5.64. The highest BCUT2D eigenvalue weighted by Gasteiger charge is 2.06. The molecule has 0 heterocycles. The molecule has 0 aromatic heterocycles. The van der Waals surface area contributed by atoms with Gasteiger partial charge in [-0.15, -0.1) is 0 Å². The van der Waals surface area contributed by atoms with Gasteiger partial charge in [0.2, 0.25) is 0 Å². The second-order valence-electron chi connectivity index (χ2n) is 5.07. The average molecular weight is 250 g/mol. The van der Waals surface area contributed by atoms with Crippen LogP contribution < -0.4 is 11.1 Å². The van der Waals surface area contributed by atoms with Gasteiger partial charge in [-0.1, -0.05) is 26.1 Å². The minimum absolute atomic E-state index is 0.462. The lowest BCUT2D eigenvalue weighted by molar-refractivity contribution is 0.540. The van der Waals surface area contributed by atoms with Crippen LogP contribution in [0.25, 0.3) is 0 Å². The van der Waals surface area contributed by atoms with E-state index in [0.717, 1.165) is 23.2 Å². The molecule has 0 aliphatic carbocycles. The van der Waals surface area contributed by atoms with E-state index in [0.29, 0.717) is 16.9 Å². The van der Waals surface area contributed by atoms with E-state index < -0.39 is 0 Å². The molecule has 0 aliphatic heterocycles. The number of anilines is 1. The second kappa shape index (κ2) is 6.01. The first-order chi connectivity index (χ1) is 7.90. The van der Waals surface area contributed by atoms with Crippen LogP contribution in [0.15, 0.2) is 18.2 Å². The van der Waals surface area contributed by atoms with Crippen LogP contribution in [0.3, 0.4) is 0 Å². The van der Waals surface area contributed by atoms with Crippen molar-refractivity contribution in [1.82, 2.24) is 0 Å². The smallest absolute Gasteiger partial charge is 0.104 e. The van der Waals surface area contributed by atoms with Crippen molar-refractivity contribution < 1.29 is 0 Å². The summed E-state index contributed by atoms with van der Waals surface area (Å²) in [5.41, 5.74) is 8.86. The molecule has 0 fully saturated rings. The van der Waals surface area contributed by atoms with Gasteiger partial charge in [-0.05, 0) is 49.9 Å². The summed E-state index contributed by atoms with van der Waals surface area (Å²) in [4.78, 5) is 0.462. The number of benzene rings is 1. The summed E-state index contributed by atoms with van der Waals surface area (Å²) in [6, 6.07) is 6.61. The molecule has 1 aromatic rings. The van der Waals surface area contributed by atoms with Crippen molar-refractivity contribution in [1.29, 1.82) is 0 Å². The van der Waals surface area contributed by atoms with Gasteiger partial charge in [0, 0.05) is 17.3 Å². The van der Waals surface area contributed by atoms with E-state index >= 15 is 0 Å². The number of hydrogen-bond donors (Lipinski definition) is 2. The highest BCUT2D eigenvalue weighted by atomic mass is 32.1. The number of hydrogen-bond acceptors (Lipinski definition) is 2. The molecule has 0 saturated heterocycles. The molecule has 0 saturated carbocycles. The minimum atomic E-state index is 0.462. The highest BCUT2D eigenvalue weighted by Crippen LogP contribution is 2.17. The molecule has 1 unspecified atom stereocenters. The summed E-state index contributed by atoms with van der Waals surface area (Å²) in [5, 5.41) is 3.50. The number of nitrogens with two attached hydrogens (primary N) is 1. The predicted molar refractivity (Wildman–Crippen MR) is 79.6 cm³/mol. The third kappa shape index (κ3) is 4.35.